The Morgan fingerprint density at radius 2 is 2.06 bits per heavy atom. The lowest BCUT2D eigenvalue weighted by molar-refractivity contribution is -0.137. The summed E-state index contributed by atoms with van der Waals surface area (Å²) in [5, 5.41) is 0. The van der Waals surface area contributed by atoms with E-state index in [4.69, 9.17) is 4.74 Å². The monoisotopic (exact) mass is 238 g/mol. The Hall–Kier alpha value is -1.12. The number of allylic oxidation sites excluding steroid dienone is 1. The number of carbonyl (C=O) groups excluding carboxylic acids is 2. The molecule has 0 aromatic heterocycles. The Bertz CT molecular complexity index is 330. The molecule has 0 bridgehead atoms. The zero-order valence-corrected chi connectivity index (χ0v) is 11.2. The van der Waals surface area contributed by atoms with Crippen LogP contribution in [0.5, 0.6) is 0 Å². The summed E-state index contributed by atoms with van der Waals surface area (Å²) in [6.45, 7) is 8.46. The highest BCUT2D eigenvalue weighted by molar-refractivity contribution is 5.82. The van der Waals surface area contributed by atoms with Crippen molar-refractivity contribution in [2.45, 2.75) is 40.5 Å². The lowest BCUT2D eigenvalue weighted by atomic mass is 9.66. The summed E-state index contributed by atoms with van der Waals surface area (Å²) in [4.78, 5) is 22.4. The second-order valence-corrected chi connectivity index (χ2v) is 5.51. The molecule has 3 heteroatoms. The summed E-state index contributed by atoms with van der Waals surface area (Å²) in [7, 11) is 0. The predicted molar refractivity (Wildman–Crippen MR) is 66.4 cm³/mol. The van der Waals surface area contributed by atoms with Crippen LogP contribution < -0.4 is 0 Å². The van der Waals surface area contributed by atoms with E-state index in [9.17, 15) is 9.59 Å². The topological polar surface area (TPSA) is 43.4 Å². The Kier molecular flexibility index (Phi) is 4.12. The SMILES string of the molecule is CCOC(=O)/C=C/C1(C)CCC(C=O)C1(C)C. The van der Waals surface area contributed by atoms with Gasteiger partial charge in [-0.1, -0.05) is 26.8 Å². The molecule has 1 saturated carbocycles. The highest BCUT2D eigenvalue weighted by atomic mass is 16.5. The third-order valence-corrected chi connectivity index (χ3v) is 4.41. The molecular weight excluding hydrogens is 216 g/mol. The summed E-state index contributed by atoms with van der Waals surface area (Å²) in [6.07, 6.45) is 6.27. The van der Waals surface area contributed by atoms with Gasteiger partial charge in [-0.15, -0.1) is 0 Å². The van der Waals surface area contributed by atoms with Crippen molar-refractivity contribution in [3.05, 3.63) is 12.2 Å². The van der Waals surface area contributed by atoms with Crippen molar-refractivity contribution in [1.29, 1.82) is 0 Å². The summed E-state index contributed by atoms with van der Waals surface area (Å²) < 4.78 is 4.87. The molecule has 0 saturated heterocycles. The number of hydrogen-bond donors (Lipinski definition) is 0. The van der Waals surface area contributed by atoms with E-state index in [-0.39, 0.29) is 22.7 Å². The van der Waals surface area contributed by atoms with Gasteiger partial charge in [-0.25, -0.2) is 4.79 Å². The molecule has 1 aliphatic rings. The Morgan fingerprint density at radius 1 is 1.41 bits per heavy atom. The smallest absolute Gasteiger partial charge is 0.330 e. The van der Waals surface area contributed by atoms with Crippen LogP contribution in [0.1, 0.15) is 40.5 Å². The summed E-state index contributed by atoms with van der Waals surface area (Å²) in [5.74, 6) is -0.238. The first-order chi connectivity index (χ1) is 7.87. The molecule has 0 aliphatic heterocycles. The number of rotatable bonds is 4. The number of hydrogen-bond acceptors (Lipinski definition) is 3. The van der Waals surface area contributed by atoms with E-state index >= 15 is 0 Å². The van der Waals surface area contributed by atoms with E-state index in [1.807, 2.05) is 6.08 Å². The lowest BCUT2D eigenvalue weighted by Gasteiger charge is -2.38. The standard InChI is InChI=1S/C14H22O3/c1-5-17-12(16)7-9-14(4)8-6-11(10-15)13(14,2)3/h7,9-11H,5-6,8H2,1-4H3/b9-7+. The number of ether oxygens (including phenoxy) is 1. The first kappa shape index (κ1) is 13.9. The molecule has 0 heterocycles. The van der Waals surface area contributed by atoms with Crippen molar-refractivity contribution in [2.75, 3.05) is 6.61 Å². The zero-order valence-electron chi connectivity index (χ0n) is 11.2. The van der Waals surface area contributed by atoms with E-state index in [0.717, 1.165) is 19.1 Å². The van der Waals surface area contributed by atoms with Gasteiger partial charge in [0, 0.05) is 12.0 Å². The van der Waals surface area contributed by atoms with Crippen LogP contribution in [0.15, 0.2) is 12.2 Å². The van der Waals surface area contributed by atoms with Crippen LogP contribution in [0.4, 0.5) is 0 Å². The van der Waals surface area contributed by atoms with Crippen LogP contribution in [0.3, 0.4) is 0 Å². The fraction of sp³-hybridized carbons (Fsp3) is 0.714. The van der Waals surface area contributed by atoms with Crippen molar-refractivity contribution in [1.82, 2.24) is 0 Å². The molecule has 2 atom stereocenters. The second kappa shape index (κ2) is 5.03. The van der Waals surface area contributed by atoms with Crippen LogP contribution in [0, 0.1) is 16.7 Å². The first-order valence-corrected chi connectivity index (χ1v) is 6.18. The van der Waals surface area contributed by atoms with Crippen LogP contribution in [0.2, 0.25) is 0 Å². The third-order valence-electron chi connectivity index (χ3n) is 4.41. The van der Waals surface area contributed by atoms with Crippen LogP contribution in [0.25, 0.3) is 0 Å². The quantitative estimate of drug-likeness (QED) is 0.429. The molecule has 0 N–H and O–H groups in total. The fourth-order valence-electron chi connectivity index (χ4n) is 2.54. The van der Waals surface area contributed by atoms with Crippen molar-refractivity contribution in [3.63, 3.8) is 0 Å². The molecular formula is C14H22O3. The van der Waals surface area contributed by atoms with Crippen LogP contribution >= 0.6 is 0 Å². The molecule has 1 fully saturated rings. The maximum atomic E-state index is 11.3. The minimum atomic E-state index is -0.306. The maximum absolute atomic E-state index is 11.3. The first-order valence-electron chi connectivity index (χ1n) is 6.18. The molecule has 17 heavy (non-hydrogen) atoms. The maximum Gasteiger partial charge on any atom is 0.330 e. The molecule has 0 spiro atoms. The van der Waals surface area contributed by atoms with Crippen molar-refractivity contribution < 1.29 is 14.3 Å². The highest BCUT2D eigenvalue weighted by Gasteiger charge is 2.49. The molecule has 96 valence electrons. The molecule has 0 aromatic rings. The minimum Gasteiger partial charge on any atom is -0.463 e. The van der Waals surface area contributed by atoms with Gasteiger partial charge in [0.15, 0.2) is 0 Å². The van der Waals surface area contributed by atoms with Crippen molar-refractivity contribution >= 4 is 12.3 Å². The third kappa shape index (κ3) is 2.59. The minimum absolute atomic E-state index is 0.0688. The van der Waals surface area contributed by atoms with Gasteiger partial charge in [-0.3, -0.25) is 0 Å². The van der Waals surface area contributed by atoms with Crippen molar-refractivity contribution in [2.24, 2.45) is 16.7 Å². The van der Waals surface area contributed by atoms with Gasteiger partial charge in [0.1, 0.15) is 6.29 Å². The van der Waals surface area contributed by atoms with Gasteiger partial charge in [0.25, 0.3) is 0 Å². The second-order valence-electron chi connectivity index (χ2n) is 5.51. The van der Waals surface area contributed by atoms with Gasteiger partial charge < -0.3 is 9.53 Å². The largest absolute Gasteiger partial charge is 0.463 e. The number of esters is 1. The average molecular weight is 238 g/mol. The summed E-state index contributed by atoms with van der Waals surface area (Å²) in [5.41, 5.74) is -0.233. The molecule has 0 amide bonds. The van der Waals surface area contributed by atoms with Gasteiger partial charge >= 0.3 is 5.97 Å². The van der Waals surface area contributed by atoms with Gasteiger partial charge in [0.05, 0.1) is 6.61 Å². The van der Waals surface area contributed by atoms with Gasteiger partial charge in [-0.2, -0.15) is 0 Å². The highest BCUT2D eigenvalue weighted by Crippen LogP contribution is 2.55. The zero-order chi connectivity index (χ0) is 13.1. The Morgan fingerprint density at radius 3 is 2.53 bits per heavy atom. The van der Waals surface area contributed by atoms with Gasteiger partial charge in [-0.05, 0) is 30.6 Å². The van der Waals surface area contributed by atoms with Crippen molar-refractivity contribution in [3.8, 4) is 0 Å². The fourth-order valence-corrected chi connectivity index (χ4v) is 2.54. The van der Waals surface area contributed by atoms with E-state index in [2.05, 4.69) is 20.8 Å². The summed E-state index contributed by atoms with van der Waals surface area (Å²) in [6, 6.07) is 0. The molecule has 2 unspecified atom stereocenters. The Labute approximate surface area is 103 Å². The number of carbonyl (C=O) groups is 2. The molecule has 1 aliphatic carbocycles. The molecule has 3 nitrogen and oxygen atoms in total. The predicted octanol–water partition coefficient (Wildman–Crippen LogP) is 2.75. The normalized spacial score (nSPS) is 31.6. The van der Waals surface area contributed by atoms with E-state index in [1.165, 1.54) is 6.08 Å². The van der Waals surface area contributed by atoms with E-state index in [0.29, 0.717) is 6.61 Å². The lowest BCUT2D eigenvalue weighted by Crippen LogP contribution is -2.33. The van der Waals surface area contributed by atoms with Crippen LogP contribution in [-0.4, -0.2) is 18.9 Å². The molecule has 0 radical (unpaired) electrons. The average Bonchev–Trinajstić information content (AvgIpc) is 2.48. The van der Waals surface area contributed by atoms with E-state index in [1.54, 1.807) is 6.92 Å². The molecule has 0 aromatic carbocycles. The molecule has 1 rings (SSSR count). The van der Waals surface area contributed by atoms with E-state index < -0.39 is 0 Å². The van der Waals surface area contributed by atoms with Crippen LogP contribution in [-0.2, 0) is 14.3 Å². The number of aldehydes is 1. The summed E-state index contributed by atoms with van der Waals surface area (Å²) >= 11 is 0. The van der Waals surface area contributed by atoms with Gasteiger partial charge in [0.2, 0.25) is 0 Å². The Balaban J connectivity index is 2.82.